The number of nitrogens with zero attached hydrogens (tertiary/aromatic N) is 1. The van der Waals surface area contributed by atoms with Crippen LogP contribution in [0.1, 0.15) is 5.56 Å². The molecule has 0 radical (unpaired) electrons. The van der Waals surface area contributed by atoms with E-state index in [-0.39, 0.29) is 0 Å². The van der Waals surface area contributed by atoms with Gasteiger partial charge in [-0.05, 0) is 30.7 Å². The molecule has 0 spiro atoms. The zero-order chi connectivity index (χ0) is 12.6. The molecule has 1 aromatic carbocycles. The molecule has 100 valence electrons. The molecule has 0 atom stereocenters. The van der Waals surface area contributed by atoms with Crippen LogP contribution in [-0.4, -0.2) is 50.8 Å². The van der Waals surface area contributed by atoms with Gasteiger partial charge < -0.3 is 15.8 Å². The van der Waals surface area contributed by atoms with Crippen LogP contribution in [0.2, 0.25) is 0 Å². The number of anilines is 1. The van der Waals surface area contributed by atoms with Crippen molar-refractivity contribution in [2.75, 3.05) is 51.7 Å². The van der Waals surface area contributed by atoms with E-state index >= 15 is 0 Å². The van der Waals surface area contributed by atoms with Gasteiger partial charge in [-0.15, -0.1) is 0 Å². The van der Waals surface area contributed by atoms with Crippen molar-refractivity contribution in [3.8, 4) is 0 Å². The van der Waals surface area contributed by atoms with Gasteiger partial charge in [0.15, 0.2) is 0 Å². The largest absolute Gasteiger partial charge is 0.399 e. The molecule has 1 aliphatic rings. The van der Waals surface area contributed by atoms with E-state index in [0.717, 1.165) is 58.0 Å². The molecule has 1 fully saturated rings. The highest BCUT2D eigenvalue weighted by molar-refractivity contribution is 5.39. The normalized spacial score (nSPS) is 16.9. The molecule has 0 aliphatic carbocycles. The predicted octanol–water partition coefficient (Wildman–Crippen LogP) is 0.733. The van der Waals surface area contributed by atoms with Crippen LogP contribution < -0.4 is 11.1 Å². The number of rotatable bonds is 6. The first-order chi connectivity index (χ1) is 8.84. The number of benzene rings is 1. The van der Waals surface area contributed by atoms with Crippen molar-refractivity contribution in [1.29, 1.82) is 0 Å². The van der Waals surface area contributed by atoms with Crippen LogP contribution in [0.5, 0.6) is 0 Å². The zero-order valence-electron chi connectivity index (χ0n) is 10.9. The fourth-order valence-electron chi connectivity index (χ4n) is 2.10. The first-order valence-corrected chi connectivity index (χ1v) is 6.70. The van der Waals surface area contributed by atoms with Crippen molar-refractivity contribution < 1.29 is 4.74 Å². The highest BCUT2D eigenvalue weighted by Crippen LogP contribution is 2.05. The SMILES string of the molecule is Nc1ccc(CCNCCN2CCOCC2)cc1. The number of ether oxygens (including phenoxy) is 1. The van der Waals surface area contributed by atoms with E-state index < -0.39 is 0 Å². The first kappa shape index (κ1) is 13.3. The maximum absolute atomic E-state index is 5.65. The molecule has 18 heavy (non-hydrogen) atoms. The third-order valence-electron chi connectivity index (χ3n) is 3.28. The summed E-state index contributed by atoms with van der Waals surface area (Å²) in [7, 11) is 0. The second-order valence-electron chi connectivity index (χ2n) is 4.70. The average Bonchev–Trinajstić information content (AvgIpc) is 2.42. The Morgan fingerprint density at radius 1 is 1.11 bits per heavy atom. The Morgan fingerprint density at radius 3 is 2.56 bits per heavy atom. The van der Waals surface area contributed by atoms with Gasteiger partial charge in [0.1, 0.15) is 0 Å². The van der Waals surface area contributed by atoms with E-state index in [9.17, 15) is 0 Å². The molecular formula is C14H23N3O. The summed E-state index contributed by atoms with van der Waals surface area (Å²) in [6, 6.07) is 8.12. The molecule has 1 saturated heterocycles. The third-order valence-corrected chi connectivity index (χ3v) is 3.28. The molecule has 0 amide bonds. The molecule has 0 bridgehead atoms. The maximum Gasteiger partial charge on any atom is 0.0594 e. The Balaban J connectivity index is 1.54. The third kappa shape index (κ3) is 4.64. The topological polar surface area (TPSA) is 50.5 Å². The Hall–Kier alpha value is -1.10. The zero-order valence-corrected chi connectivity index (χ0v) is 10.9. The van der Waals surface area contributed by atoms with Crippen LogP contribution in [0, 0.1) is 0 Å². The minimum absolute atomic E-state index is 0.832. The molecule has 0 aromatic heterocycles. The van der Waals surface area contributed by atoms with Crippen LogP contribution in [0.3, 0.4) is 0 Å². The van der Waals surface area contributed by atoms with Crippen LogP contribution in [-0.2, 0) is 11.2 Å². The monoisotopic (exact) mass is 249 g/mol. The van der Waals surface area contributed by atoms with E-state index in [4.69, 9.17) is 10.5 Å². The van der Waals surface area contributed by atoms with Crippen molar-refractivity contribution in [2.45, 2.75) is 6.42 Å². The summed E-state index contributed by atoms with van der Waals surface area (Å²) in [6.45, 7) is 7.09. The molecule has 2 rings (SSSR count). The number of hydrogen-bond acceptors (Lipinski definition) is 4. The number of hydrogen-bond donors (Lipinski definition) is 2. The molecule has 3 N–H and O–H groups in total. The van der Waals surface area contributed by atoms with Gasteiger partial charge in [0, 0.05) is 31.9 Å². The molecule has 1 aromatic rings. The minimum Gasteiger partial charge on any atom is -0.399 e. The van der Waals surface area contributed by atoms with Gasteiger partial charge in [0.2, 0.25) is 0 Å². The van der Waals surface area contributed by atoms with Crippen molar-refractivity contribution in [2.24, 2.45) is 0 Å². The Morgan fingerprint density at radius 2 is 1.83 bits per heavy atom. The molecule has 4 nitrogen and oxygen atoms in total. The second-order valence-corrected chi connectivity index (χ2v) is 4.70. The van der Waals surface area contributed by atoms with Crippen molar-refractivity contribution in [3.05, 3.63) is 29.8 Å². The van der Waals surface area contributed by atoms with Gasteiger partial charge in [-0.25, -0.2) is 0 Å². The van der Waals surface area contributed by atoms with Gasteiger partial charge in [-0.2, -0.15) is 0 Å². The summed E-state index contributed by atoms with van der Waals surface area (Å²) in [5.74, 6) is 0. The fourth-order valence-corrected chi connectivity index (χ4v) is 2.10. The summed E-state index contributed by atoms with van der Waals surface area (Å²) in [6.07, 6.45) is 1.06. The van der Waals surface area contributed by atoms with Gasteiger partial charge in [0.05, 0.1) is 13.2 Å². The average molecular weight is 249 g/mol. The lowest BCUT2D eigenvalue weighted by Crippen LogP contribution is -2.40. The predicted molar refractivity (Wildman–Crippen MR) is 74.7 cm³/mol. The molecule has 0 unspecified atom stereocenters. The standard InChI is InChI=1S/C14H23N3O/c15-14-3-1-13(2-4-14)5-6-16-7-8-17-9-11-18-12-10-17/h1-4,16H,5-12,15H2. The molecule has 0 saturated carbocycles. The van der Waals surface area contributed by atoms with E-state index in [1.54, 1.807) is 0 Å². The van der Waals surface area contributed by atoms with E-state index in [0.29, 0.717) is 0 Å². The molecule has 1 aliphatic heterocycles. The summed E-state index contributed by atoms with van der Waals surface area (Å²) >= 11 is 0. The van der Waals surface area contributed by atoms with Gasteiger partial charge in [-0.1, -0.05) is 12.1 Å². The summed E-state index contributed by atoms with van der Waals surface area (Å²) in [5, 5.41) is 3.48. The Bertz CT molecular complexity index is 333. The Labute approximate surface area is 109 Å². The number of nitrogen functional groups attached to an aromatic ring is 1. The molecular weight excluding hydrogens is 226 g/mol. The van der Waals surface area contributed by atoms with E-state index in [2.05, 4.69) is 22.3 Å². The molecule has 1 heterocycles. The Kier molecular flexibility index (Phi) is 5.45. The minimum atomic E-state index is 0.832. The molecule has 4 heteroatoms. The van der Waals surface area contributed by atoms with Crippen molar-refractivity contribution in [1.82, 2.24) is 10.2 Å². The second kappa shape index (κ2) is 7.36. The lowest BCUT2D eigenvalue weighted by molar-refractivity contribution is 0.0385. The van der Waals surface area contributed by atoms with Crippen molar-refractivity contribution in [3.63, 3.8) is 0 Å². The van der Waals surface area contributed by atoms with Crippen LogP contribution in [0.25, 0.3) is 0 Å². The highest BCUT2D eigenvalue weighted by Gasteiger charge is 2.08. The van der Waals surface area contributed by atoms with Gasteiger partial charge in [-0.3, -0.25) is 4.90 Å². The van der Waals surface area contributed by atoms with Gasteiger partial charge >= 0.3 is 0 Å². The summed E-state index contributed by atoms with van der Waals surface area (Å²) in [5.41, 5.74) is 7.82. The van der Waals surface area contributed by atoms with Crippen LogP contribution in [0.4, 0.5) is 5.69 Å². The maximum atomic E-state index is 5.65. The smallest absolute Gasteiger partial charge is 0.0594 e. The fraction of sp³-hybridized carbons (Fsp3) is 0.571. The summed E-state index contributed by atoms with van der Waals surface area (Å²) < 4.78 is 5.32. The number of nitrogens with one attached hydrogen (secondary N) is 1. The highest BCUT2D eigenvalue weighted by atomic mass is 16.5. The van der Waals surface area contributed by atoms with Gasteiger partial charge in [0.25, 0.3) is 0 Å². The van der Waals surface area contributed by atoms with Crippen LogP contribution >= 0.6 is 0 Å². The number of morpholine rings is 1. The van der Waals surface area contributed by atoms with E-state index in [1.165, 1.54) is 5.56 Å². The lowest BCUT2D eigenvalue weighted by Gasteiger charge is -2.26. The lowest BCUT2D eigenvalue weighted by atomic mass is 10.1. The first-order valence-electron chi connectivity index (χ1n) is 6.70. The van der Waals surface area contributed by atoms with Crippen LogP contribution in [0.15, 0.2) is 24.3 Å². The van der Waals surface area contributed by atoms with E-state index in [1.807, 2.05) is 12.1 Å². The van der Waals surface area contributed by atoms with Crippen molar-refractivity contribution >= 4 is 5.69 Å². The summed E-state index contributed by atoms with van der Waals surface area (Å²) in [4.78, 5) is 2.44. The quantitative estimate of drug-likeness (QED) is 0.576. The number of nitrogens with two attached hydrogens (primary N) is 1.